The summed E-state index contributed by atoms with van der Waals surface area (Å²) in [5.74, 6) is 1.12. The molecule has 0 spiro atoms. The fourth-order valence-corrected chi connectivity index (χ4v) is 3.38. The molecule has 34 heavy (non-hydrogen) atoms. The minimum atomic E-state index is -0.548. The number of carbonyl (C=O) groups is 2. The molecule has 1 aliphatic rings. The van der Waals surface area contributed by atoms with E-state index in [0.29, 0.717) is 49.0 Å². The summed E-state index contributed by atoms with van der Waals surface area (Å²) in [5.41, 5.74) is 7.27. The lowest BCUT2D eigenvalue weighted by molar-refractivity contribution is 0.0141. The highest BCUT2D eigenvalue weighted by Crippen LogP contribution is 2.23. The number of hydrogen-bond donors (Lipinski definition) is 2. The molecule has 2 aromatic rings. The normalized spacial score (nSPS) is 13.5. The van der Waals surface area contributed by atoms with Crippen LogP contribution in [0.15, 0.2) is 36.5 Å². The van der Waals surface area contributed by atoms with Crippen LogP contribution in [0.2, 0.25) is 0 Å². The number of hydrogen-bond acceptors (Lipinski definition) is 7. The van der Waals surface area contributed by atoms with E-state index in [1.165, 1.54) is 0 Å². The Kier molecular flexibility index (Phi) is 9.53. The third-order valence-electron chi connectivity index (χ3n) is 4.88. The van der Waals surface area contributed by atoms with Crippen molar-refractivity contribution in [1.29, 1.82) is 0 Å². The summed E-state index contributed by atoms with van der Waals surface area (Å²) in [4.78, 5) is 32.9. The van der Waals surface area contributed by atoms with E-state index >= 15 is 0 Å². The summed E-state index contributed by atoms with van der Waals surface area (Å²) in [6, 6.07) is 8.85. The molecule has 9 heteroatoms. The largest absolute Gasteiger partial charge is 0.485 e. The van der Waals surface area contributed by atoms with Gasteiger partial charge in [0, 0.05) is 50.7 Å². The molecule has 186 valence electrons. The first-order valence-corrected chi connectivity index (χ1v) is 11.6. The van der Waals surface area contributed by atoms with Crippen LogP contribution < -0.4 is 15.8 Å². The van der Waals surface area contributed by atoms with Gasteiger partial charge in [0.1, 0.15) is 12.2 Å². The molecule has 1 saturated heterocycles. The Balaban J connectivity index is 0.00000199. The van der Waals surface area contributed by atoms with E-state index < -0.39 is 5.60 Å². The smallest absolute Gasteiger partial charge is 0.410 e. The van der Waals surface area contributed by atoms with E-state index in [1.54, 1.807) is 47.3 Å². The summed E-state index contributed by atoms with van der Waals surface area (Å²) in [7, 11) is 1.77. The van der Waals surface area contributed by atoms with Gasteiger partial charge in [0.05, 0.1) is 0 Å². The molecular weight excluding hydrogens is 434 g/mol. The Labute approximate surface area is 202 Å². The van der Waals surface area contributed by atoms with E-state index in [4.69, 9.17) is 15.2 Å². The molecule has 0 bridgehead atoms. The van der Waals surface area contributed by atoms with E-state index in [-0.39, 0.29) is 18.6 Å². The van der Waals surface area contributed by atoms with Gasteiger partial charge in [-0.3, -0.25) is 4.79 Å². The lowest BCUT2D eigenvalue weighted by Gasteiger charge is -2.35. The van der Waals surface area contributed by atoms with Crippen LogP contribution in [-0.4, -0.2) is 65.6 Å². The van der Waals surface area contributed by atoms with E-state index in [2.05, 4.69) is 10.3 Å². The minimum absolute atomic E-state index is 0.125. The number of carbonyl (C=O) groups excluding carboxylic acids is 2. The topological polar surface area (TPSA) is 110 Å². The first-order valence-electron chi connectivity index (χ1n) is 11.6. The minimum Gasteiger partial charge on any atom is -0.485 e. The molecule has 3 N–H and O–H groups in total. The van der Waals surface area contributed by atoms with Crippen LogP contribution in [0.4, 0.5) is 16.3 Å². The molecule has 1 aliphatic heterocycles. The zero-order chi connectivity index (χ0) is 25.3. The highest BCUT2D eigenvalue weighted by molar-refractivity contribution is 5.95. The Hall–Kier alpha value is -3.49. The number of rotatable bonds is 5. The van der Waals surface area contributed by atoms with E-state index in [0.717, 1.165) is 5.56 Å². The van der Waals surface area contributed by atoms with Crippen molar-refractivity contribution in [3.63, 3.8) is 0 Å². The van der Waals surface area contributed by atoms with Crippen molar-refractivity contribution in [3.8, 4) is 5.75 Å². The summed E-state index contributed by atoms with van der Waals surface area (Å²) < 4.78 is 11.3. The van der Waals surface area contributed by atoms with Crippen molar-refractivity contribution in [2.24, 2.45) is 0 Å². The molecule has 0 radical (unpaired) electrons. The molecule has 3 rings (SSSR count). The standard InChI is InChI=1S/C23H31N5O4.C2H6/c1-23(2,3)32-22(30)28-10-8-27(9-11-28)21(29)17-12-16(13-18(24)14-17)15-31-19-6-5-7-26-20(19)25-4;1-2/h5-7,12-14H,8-11,15,24H2,1-4H3,(H,25,26);1-2H3. The number of nitrogens with two attached hydrogens (primary N) is 1. The molecule has 0 atom stereocenters. The van der Waals surface area contributed by atoms with Gasteiger partial charge in [-0.05, 0) is 56.7 Å². The van der Waals surface area contributed by atoms with Gasteiger partial charge in [0.2, 0.25) is 0 Å². The van der Waals surface area contributed by atoms with Crippen LogP contribution in [0.25, 0.3) is 0 Å². The molecule has 0 saturated carbocycles. The molecule has 0 unspecified atom stereocenters. The Morgan fingerprint density at radius 1 is 1.09 bits per heavy atom. The third kappa shape index (κ3) is 7.54. The van der Waals surface area contributed by atoms with Gasteiger partial charge < -0.3 is 30.3 Å². The zero-order valence-electron chi connectivity index (χ0n) is 21.1. The molecule has 2 amide bonds. The maximum Gasteiger partial charge on any atom is 0.410 e. The number of amides is 2. The van der Waals surface area contributed by atoms with Crippen molar-refractivity contribution in [1.82, 2.24) is 14.8 Å². The van der Waals surface area contributed by atoms with Crippen LogP contribution in [0.5, 0.6) is 5.75 Å². The van der Waals surface area contributed by atoms with E-state index in [9.17, 15) is 9.59 Å². The molecule has 1 fully saturated rings. The highest BCUT2D eigenvalue weighted by atomic mass is 16.6. The van der Waals surface area contributed by atoms with Gasteiger partial charge in [0.25, 0.3) is 5.91 Å². The number of anilines is 2. The van der Waals surface area contributed by atoms with Gasteiger partial charge in [0.15, 0.2) is 11.6 Å². The summed E-state index contributed by atoms with van der Waals surface area (Å²) in [5, 5.41) is 2.98. The number of piperazine rings is 1. The van der Waals surface area contributed by atoms with Gasteiger partial charge in [-0.2, -0.15) is 0 Å². The van der Waals surface area contributed by atoms with Crippen molar-refractivity contribution >= 4 is 23.5 Å². The maximum atomic E-state index is 13.1. The number of nitrogen functional groups attached to an aromatic ring is 1. The number of ether oxygens (including phenoxy) is 2. The predicted molar refractivity (Wildman–Crippen MR) is 134 cm³/mol. The van der Waals surface area contributed by atoms with Crippen molar-refractivity contribution in [3.05, 3.63) is 47.7 Å². The molecular formula is C25H37N5O4. The molecule has 2 heterocycles. The zero-order valence-corrected chi connectivity index (χ0v) is 21.1. The van der Waals surface area contributed by atoms with Gasteiger partial charge >= 0.3 is 6.09 Å². The van der Waals surface area contributed by atoms with Gasteiger partial charge in [-0.15, -0.1) is 0 Å². The average Bonchev–Trinajstić information content (AvgIpc) is 2.82. The summed E-state index contributed by atoms with van der Waals surface area (Å²) >= 11 is 0. The number of benzene rings is 1. The Morgan fingerprint density at radius 2 is 1.74 bits per heavy atom. The molecule has 1 aromatic heterocycles. The second-order valence-electron chi connectivity index (χ2n) is 8.61. The van der Waals surface area contributed by atoms with E-state index in [1.807, 2.05) is 40.7 Å². The fraction of sp³-hybridized carbons (Fsp3) is 0.480. The van der Waals surface area contributed by atoms with Crippen molar-refractivity contribution in [2.75, 3.05) is 44.3 Å². The third-order valence-corrected chi connectivity index (χ3v) is 4.88. The second kappa shape index (κ2) is 12.1. The average molecular weight is 472 g/mol. The summed E-state index contributed by atoms with van der Waals surface area (Å²) in [6.07, 6.45) is 1.32. The number of nitrogens with one attached hydrogen (secondary N) is 1. The van der Waals surface area contributed by atoms with Crippen LogP contribution in [-0.2, 0) is 11.3 Å². The van der Waals surface area contributed by atoms with Crippen LogP contribution in [0.3, 0.4) is 0 Å². The van der Waals surface area contributed by atoms with Gasteiger partial charge in [-0.25, -0.2) is 9.78 Å². The molecule has 0 aliphatic carbocycles. The first kappa shape index (κ1) is 26.8. The first-order chi connectivity index (χ1) is 16.2. The predicted octanol–water partition coefficient (Wildman–Crippen LogP) is 4.00. The van der Waals surface area contributed by atoms with Crippen molar-refractivity contribution < 1.29 is 19.1 Å². The fourth-order valence-electron chi connectivity index (χ4n) is 3.38. The SMILES string of the molecule is CC.CNc1ncccc1OCc1cc(N)cc(C(=O)N2CCN(C(=O)OC(C)(C)C)CC2)c1. The van der Waals surface area contributed by atoms with Crippen LogP contribution >= 0.6 is 0 Å². The highest BCUT2D eigenvalue weighted by Gasteiger charge is 2.28. The lowest BCUT2D eigenvalue weighted by atomic mass is 10.1. The number of aromatic nitrogens is 1. The monoisotopic (exact) mass is 471 g/mol. The Morgan fingerprint density at radius 3 is 2.35 bits per heavy atom. The van der Waals surface area contributed by atoms with Gasteiger partial charge in [-0.1, -0.05) is 13.8 Å². The lowest BCUT2D eigenvalue weighted by Crippen LogP contribution is -2.51. The molecule has 9 nitrogen and oxygen atoms in total. The van der Waals surface area contributed by atoms with Crippen molar-refractivity contribution in [2.45, 2.75) is 46.8 Å². The second-order valence-corrected chi connectivity index (χ2v) is 8.61. The summed E-state index contributed by atoms with van der Waals surface area (Å²) in [6.45, 7) is 11.5. The molecule has 1 aromatic carbocycles. The maximum absolute atomic E-state index is 13.1. The Bertz CT molecular complexity index is 966. The van der Waals surface area contributed by atoms with Crippen LogP contribution in [0.1, 0.15) is 50.5 Å². The quantitative estimate of drug-likeness (QED) is 0.634. The number of nitrogens with zero attached hydrogens (tertiary/aromatic N) is 3. The number of pyridine rings is 1. The van der Waals surface area contributed by atoms with Crippen LogP contribution in [0, 0.1) is 0 Å².